The Morgan fingerprint density at radius 3 is 2.57 bits per heavy atom. The summed E-state index contributed by atoms with van der Waals surface area (Å²) in [5.74, 6) is 0.558. The van der Waals surface area contributed by atoms with Crippen molar-refractivity contribution < 1.29 is 13.5 Å². The van der Waals surface area contributed by atoms with Gasteiger partial charge in [0.2, 0.25) is 0 Å². The van der Waals surface area contributed by atoms with Crippen molar-refractivity contribution >= 4 is 11.0 Å². The van der Waals surface area contributed by atoms with E-state index in [4.69, 9.17) is 9.15 Å². The maximum Gasteiger partial charge on any atom is 0.175 e. The molecule has 120 valence electrons. The third kappa shape index (κ3) is 3.54. The topological polar surface area (TPSA) is 25.6 Å². The molecule has 4 heteroatoms. The molecule has 0 saturated carbocycles. The fourth-order valence-electron chi connectivity index (χ4n) is 2.63. The molecule has 2 aromatic carbocycles. The zero-order chi connectivity index (χ0) is 16.2. The SMILES string of the molecule is CN(C)CC(F)C(Oc1cccc2ccoc12)c1ccccc1. The zero-order valence-corrected chi connectivity index (χ0v) is 13.3. The van der Waals surface area contributed by atoms with Crippen LogP contribution in [0.1, 0.15) is 11.7 Å². The Labute approximate surface area is 135 Å². The summed E-state index contributed by atoms with van der Waals surface area (Å²) in [7, 11) is 3.70. The summed E-state index contributed by atoms with van der Waals surface area (Å²) in [5, 5.41) is 0.942. The van der Waals surface area contributed by atoms with Gasteiger partial charge in [-0.1, -0.05) is 42.5 Å². The summed E-state index contributed by atoms with van der Waals surface area (Å²) < 4.78 is 26.3. The van der Waals surface area contributed by atoms with Gasteiger partial charge in [0.05, 0.1) is 6.26 Å². The molecule has 3 aromatic rings. The normalized spacial score (nSPS) is 14.1. The highest BCUT2D eigenvalue weighted by Crippen LogP contribution is 2.32. The zero-order valence-electron chi connectivity index (χ0n) is 13.3. The van der Waals surface area contributed by atoms with Crippen molar-refractivity contribution in [3.8, 4) is 5.75 Å². The Balaban J connectivity index is 1.94. The van der Waals surface area contributed by atoms with Gasteiger partial charge in [-0.2, -0.15) is 0 Å². The van der Waals surface area contributed by atoms with Crippen LogP contribution in [0.25, 0.3) is 11.0 Å². The first-order valence-electron chi connectivity index (χ1n) is 7.62. The maximum atomic E-state index is 14.8. The molecule has 23 heavy (non-hydrogen) atoms. The van der Waals surface area contributed by atoms with Crippen molar-refractivity contribution in [2.24, 2.45) is 0 Å². The molecule has 1 aromatic heterocycles. The number of hydrogen-bond donors (Lipinski definition) is 0. The number of nitrogens with zero attached hydrogens (tertiary/aromatic N) is 1. The summed E-state index contributed by atoms with van der Waals surface area (Å²) in [6.45, 7) is 0.285. The average molecular weight is 313 g/mol. The predicted molar refractivity (Wildman–Crippen MR) is 89.5 cm³/mol. The minimum atomic E-state index is -1.15. The molecule has 0 radical (unpaired) electrons. The van der Waals surface area contributed by atoms with Crippen molar-refractivity contribution in [3.05, 3.63) is 66.4 Å². The summed E-state index contributed by atoms with van der Waals surface area (Å²) >= 11 is 0. The second-order valence-electron chi connectivity index (χ2n) is 5.82. The smallest absolute Gasteiger partial charge is 0.175 e. The molecule has 0 spiro atoms. The molecule has 0 fully saturated rings. The number of ether oxygens (including phenoxy) is 1. The van der Waals surface area contributed by atoms with Crippen molar-refractivity contribution in [2.75, 3.05) is 20.6 Å². The molecule has 0 saturated heterocycles. The summed E-state index contributed by atoms with van der Waals surface area (Å²) in [5.41, 5.74) is 1.45. The van der Waals surface area contributed by atoms with Gasteiger partial charge in [0.25, 0.3) is 0 Å². The number of hydrogen-bond acceptors (Lipinski definition) is 3. The van der Waals surface area contributed by atoms with E-state index < -0.39 is 12.3 Å². The molecule has 2 atom stereocenters. The number of para-hydroxylation sites is 1. The van der Waals surface area contributed by atoms with E-state index >= 15 is 0 Å². The molecule has 3 nitrogen and oxygen atoms in total. The Morgan fingerprint density at radius 2 is 1.83 bits per heavy atom. The van der Waals surface area contributed by atoms with E-state index in [2.05, 4.69) is 0 Å². The molecule has 3 rings (SSSR count). The van der Waals surface area contributed by atoms with Crippen molar-refractivity contribution in [2.45, 2.75) is 12.3 Å². The summed E-state index contributed by atoms with van der Waals surface area (Å²) in [6, 6.07) is 17.0. The maximum absolute atomic E-state index is 14.8. The number of alkyl halides is 1. The van der Waals surface area contributed by atoms with Crippen LogP contribution in [0.15, 0.2) is 65.3 Å². The monoisotopic (exact) mass is 313 g/mol. The van der Waals surface area contributed by atoms with Crippen LogP contribution in [0.5, 0.6) is 5.75 Å². The summed E-state index contributed by atoms with van der Waals surface area (Å²) in [4.78, 5) is 1.82. The predicted octanol–water partition coefficient (Wildman–Crippen LogP) is 4.45. The molecule has 0 aliphatic rings. The molecule has 0 N–H and O–H groups in total. The van der Waals surface area contributed by atoms with E-state index in [1.165, 1.54) is 0 Å². The van der Waals surface area contributed by atoms with E-state index in [0.29, 0.717) is 11.3 Å². The number of halogens is 1. The van der Waals surface area contributed by atoms with Crippen LogP contribution in [0.2, 0.25) is 0 Å². The largest absolute Gasteiger partial charge is 0.479 e. The highest BCUT2D eigenvalue weighted by molar-refractivity contribution is 5.82. The fourth-order valence-corrected chi connectivity index (χ4v) is 2.63. The van der Waals surface area contributed by atoms with Gasteiger partial charge in [-0.25, -0.2) is 4.39 Å². The number of benzene rings is 2. The first-order chi connectivity index (χ1) is 11.1. The lowest BCUT2D eigenvalue weighted by molar-refractivity contribution is 0.0810. The van der Waals surface area contributed by atoms with Crippen molar-refractivity contribution in [3.63, 3.8) is 0 Å². The first-order valence-corrected chi connectivity index (χ1v) is 7.62. The quantitative estimate of drug-likeness (QED) is 0.672. The number of fused-ring (bicyclic) bond motifs is 1. The van der Waals surface area contributed by atoms with E-state index in [1.807, 2.05) is 73.6 Å². The standard InChI is InChI=1S/C19H20FNO2/c1-21(2)13-16(20)18(14-7-4-3-5-8-14)23-17-10-6-9-15-11-12-22-19(15)17/h3-12,16,18H,13H2,1-2H3. The first kappa shape index (κ1) is 15.6. The van der Waals surface area contributed by atoms with E-state index in [9.17, 15) is 4.39 Å². The highest BCUT2D eigenvalue weighted by Gasteiger charge is 2.26. The Morgan fingerprint density at radius 1 is 1.04 bits per heavy atom. The molecule has 0 bridgehead atoms. The lowest BCUT2D eigenvalue weighted by Crippen LogP contribution is -2.30. The van der Waals surface area contributed by atoms with Crippen LogP contribution in [0, 0.1) is 0 Å². The number of rotatable bonds is 6. The van der Waals surface area contributed by atoms with Gasteiger partial charge < -0.3 is 14.1 Å². The molecule has 1 heterocycles. The number of furan rings is 1. The van der Waals surface area contributed by atoms with Gasteiger partial charge in [-0.15, -0.1) is 0 Å². The fraction of sp³-hybridized carbons (Fsp3) is 0.263. The van der Waals surface area contributed by atoms with Gasteiger partial charge in [0, 0.05) is 11.9 Å². The van der Waals surface area contributed by atoms with Gasteiger partial charge >= 0.3 is 0 Å². The molecule has 2 unspecified atom stereocenters. The van der Waals surface area contributed by atoms with Gasteiger partial charge in [0.1, 0.15) is 0 Å². The summed E-state index contributed by atoms with van der Waals surface area (Å²) in [6.07, 6.45) is -0.228. The van der Waals surface area contributed by atoms with Gasteiger partial charge in [0.15, 0.2) is 23.6 Å². The van der Waals surface area contributed by atoms with Crippen LogP contribution < -0.4 is 4.74 Å². The molecular formula is C19H20FNO2. The van der Waals surface area contributed by atoms with E-state index in [0.717, 1.165) is 10.9 Å². The second kappa shape index (κ2) is 6.84. The molecule has 0 aliphatic heterocycles. The Hall–Kier alpha value is -2.33. The molecule has 0 amide bonds. The lowest BCUT2D eigenvalue weighted by Gasteiger charge is -2.25. The molecular weight excluding hydrogens is 293 g/mol. The highest BCUT2D eigenvalue weighted by atomic mass is 19.1. The Bertz CT molecular complexity index is 754. The molecule has 0 aliphatic carbocycles. The third-order valence-corrected chi connectivity index (χ3v) is 3.69. The lowest BCUT2D eigenvalue weighted by atomic mass is 10.0. The minimum absolute atomic E-state index is 0.285. The third-order valence-electron chi connectivity index (χ3n) is 3.69. The van der Waals surface area contributed by atoms with Gasteiger partial charge in [-0.3, -0.25) is 0 Å². The average Bonchev–Trinajstić information content (AvgIpc) is 3.02. The minimum Gasteiger partial charge on any atom is -0.479 e. The van der Waals surface area contributed by atoms with E-state index in [-0.39, 0.29) is 6.54 Å². The van der Waals surface area contributed by atoms with Crippen LogP contribution in [-0.2, 0) is 0 Å². The van der Waals surface area contributed by atoms with E-state index in [1.54, 1.807) is 6.26 Å². The van der Waals surface area contributed by atoms with Crippen molar-refractivity contribution in [1.29, 1.82) is 0 Å². The van der Waals surface area contributed by atoms with Crippen LogP contribution in [0.4, 0.5) is 4.39 Å². The second-order valence-corrected chi connectivity index (χ2v) is 5.82. The van der Waals surface area contributed by atoms with Crippen LogP contribution in [0.3, 0.4) is 0 Å². The van der Waals surface area contributed by atoms with Gasteiger partial charge in [-0.05, 0) is 31.8 Å². The Kier molecular flexibility index (Phi) is 4.63. The van der Waals surface area contributed by atoms with Crippen LogP contribution >= 0.6 is 0 Å². The van der Waals surface area contributed by atoms with Crippen molar-refractivity contribution in [1.82, 2.24) is 4.90 Å². The van der Waals surface area contributed by atoms with Crippen LogP contribution in [-0.4, -0.2) is 31.7 Å².